The van der Waals surface area contributed by atoms with E-state index < -0.39 is 11.9 Å². The minimum Gasteiger partial charge on any atom is -0.481 e. The van der Waals surface area contributed by atoms with Crippen LogP contribution in [0.15, 0.2) is 18.2 Å². The van der Waals surface area contributed by atoms with Gasteiger partial charge in [-0.05, 0) is 18.1 Å². The molecule has 0 aliphatic heterocycles. The zero-order chi connectivity index (χ0) is 10.3. The Kier molecular flexibility index (Phi) is 1.88. The second-order valence-corrected chi connectivity index (χ2v) is 3.55. The number of fused-ring (bicyclic) bond motifs is 1. The highest BCUT2D eigenvalue weighted by Crippen LogP contribution is 2.35. The van der Waals surface area contributed by atoms with Gasteiger partial charge in [-0.15, -0.1) is 0 Å². The lowest BCUT2D eigenvalue weighted by molar-refractivity contribution is -0.138. The molecule has 2 rings (SSSR count). The number of rotatable bonds is 1. The van der Waals surface area contributed by atoms with Gasteiger partial charge < -0.3 is 5.11 Å². The van der Waals surface area contributed by atoms with Crippen molar-refractivity contribution in [2.24, 2.45) is 0 Å². The van der Waals surface area contributed by atoms with Gasteiger partial charge in [0.05, 0.1) is 5.92 Å². The molecule has 0 radical (unpaired) electrons. The maximum Gasteiger partial charge on any atom is 0.311 e. The fourth-order valence-electron chi connectivity index (χ4n) is 1.99. The van der Waals surface area contributed by atoms with Crippen molar-refractivity contribution in [2.75, 3.05) is 0 Å². The van der Waals surface area contributed by atoms with E-state index in [1.807, 2.05) is 13.0 Å². The largest absolute Gasteiger partial charge is 0.481 e. The van der Waals surface area contributed by atoms with Crippen molar-refractivity contribution in [3.05, 3.63) is 34.9 Å². The summed E-state index contributed by atoms with van der Waals surface area (Å²) in [7, 11) is 0. The van der Waals surface area contributed by atoms with Crippen LogP contribution in [0.4, 0.5) is 0 Å². The Balaban J connectivity index is 2.62. The Morgan fingerprint density at radius 2 is 2.21 bits per heavy atom. The number of carbonyl (C=O) groups excluding carboxylic acids is 1. The van der Waals surface area contributed by atoms with Crippen molar-refractivity contribution in [1.82, 2.24) is 0 Å². The average Bonchev–Trinajstić information content (AvgIpc) is 2.46. The van der Waals surface area contributed by atoms with Gasteiger partial charge in [-0.1, -0.05) is 18.2 Å². The van der Waals surface area contributed by atoms with E-state index in [9.17, 15) is 9.59 Å². The van der Waals surface area contributed by atoms with Crippen LogP contribution in [0.3, 0.4) is 0 Å². The van der Waals surface area contributed by atoms with Crippen molar-refractivity contribution in [1.29, 1.82) is 0 Å². The molecule has 0 saturated heterocycles. The molecule has 1 atom stereocenters. The summed E-state index contributed by atoms with van der Waals surface area (Å²) in [5.41, 5.74) is 2.17. The normalized spacial score (nSPS) is 19.5. The predicted molar refractivity (Wildman–Crippen MR) is 50.5 cm³/mol. The van der Waals surface area contributed by atoms with Crippen LogP contribution in [0.2, 0.25) is 0 Å². The SMILES string of the molecule is Cc1cccc2c1[C@@H](C(=O)O)CC2=O. The van der Waals surface area contributed by atoms with Crippen LogP contribution in [0.5, 0.6) is 0 Å². The number of aryl methyl sites for hydroxylation is 1. The van der Waals surface area contributed by atoms with Crippen LogP contribution in [0, 0.1) is 6.92 Å². The lowest BCUT2D eigenvalue weighted by Crippen LogP contribution is -2.09. The third-order valence-corrected chi connectivity index (χ3v) is 2.66. The molecule has 1 aliphatic carbocycles. The second kappa shape index (κ2) is 2.94. The summed E-state index contributed by atoms with van der Waals surface area (Å²) in [6.45, 7) is 1.84. The van der Waals surface area contributed by atoms with E-state index in [1.54, 1.807) is 12.1 Å². The van der Waals surface area contributed by atoms with Crippen LogP contribution in [-0.2, 0) is 4.79 Å². The molecule has 0 unspecified atom stereocenters. The van der Waals surface area contributed by atoms with E-state index in [-0.39, 0.29) is 12.2 Å². The lowest BCUT2D eigenvalue weighted by Gasteiger charge is -2.07. The Morgan fingerprint density at radius 3 is 2.86 bits per heavy atom. The first-order valence-electron chi connectivity index (χ1n) is 4.47. The third kappa shape index (κ3) is 1.13. The Hall–Kier alpha value is -1.64. The highest BCUT2D eigenvalue weighted by Gasteiger charge is 2.35. The quantitative estimate of drug-likeness (QED) is 0.733. The summed E-state index contributed by atoms with van der Waals surface area (Å²) < 4.78 is 0. The molecule has 0 bridgehead atoms. The molecule has 1 aliphatic rings. The summed E-state index contributed by atoms with van der Waals surface area (Å²) in [5.74, 6) is -1.61. The number of ketones is 1. The van der Waals surface area contributed by atoms with E-state index in [0.29, 0.717) is 11.1 Å². The highest BCUT2D eigenvalue weighted by molar-refractivity contribution is 6.06. The molecule has 0 saturated carbocycles. The second-order valence-electron chi connectivity index (χ2n) is 3.55. The molecule has 3 heteroatoms. The molecule has 72 valence electrons. The molecule has 0 aromatic heterocycles. The van der Waals surface area contributed by atoms with Gasteiger partial charge in [-0.25, -0.2) is 0 Å². The number of hydrogen-bond donors (Lipinski definition) is 1. The zero-order valence-electron chi connectivity index (χ0n) is 7.78. The fourth-order valence-corrected chi connectivity index (χ4v) is 1.99. The molecule has 1 N–H and O–H groups in total. The van der Waals surface area contributed by atoms with Crippen LogP contribution in [-0.4, -0.2) is 16.9 Å². The molecule has 0 spiro atoms. The molecule has 0 amide bonds. The van der Waals surface area contributed by atoms with Crippen molar-refractivity contribution < 1.29 is 14.7 Å². The molecule has 1 aromatic carbocycles. The zero-order valence-corrected chi connectivity index (χ0v) is 7.78. The lowest BCUT2D eigenvalue weighted by atomic mass is 9.97. The first-order chi connectivity index (χ1) is 6.61. The fraction of sp³-hybridized carbons (Fsp3) is 0.273. The maximum absolute atomic E-state index is 11.5. The van der Waals surface area contributed by atoms with Gasteiger partial charge in [0.25, 0.3) is 0 Å². The number of carboxylic acid groups (broad SMARTS) is 1. The van der Waals surface area contributed by atoms with Gasteiger partial charge in [0.2, 0.25) is 0 Å². The number of carbonyl (C=O) groups is 2. The van der Waals surface area contributed by atoms with Gasteiger partial charge in [-0.2, -0.15) is 0 Å². The topological polar surface area (TPSA) is 54.4 Å². The Morgan fingerprint density at radius 1 is 1.50 bits per heavy atom. The first-order valence-corrected chi connectivity index (χ1v) is 4.47. The van der Waals surface area contributed by atoms with Gasteiger partial charge in [0.15, 0.2) is 5.78 Å². The van der Waals surface area contributed by atoms with Crippen molar-refractivity contribution in [3.8, 4) is 0 Å². The molecular formula is C11H10O3. The van der Waals surface area contributed by atoms with Gasteiger partial charge in [-0.3, -0.25) is 9.59 Å². The number of benzene rings is 1. The van der Waals surface area contributed by atoms with Crippen molar-refractivity contribution in [3.63, 3.8) is 0 Å². The summed E-state index contributed by atoms with van der Waals surface area (Å²) in [4.78, 5) is 22.4. The van der Waals surface area contributed by atoms with Gasteiger partial charge in [0.1, 0.15) is 0 Å². The first kappa shape index (κ1) is 8.94. The van der Waals surface area contributed by atoms with Crippen molar-refractivity contribution in [2.45, 2.75) is 19.3 Å². The van der Waals surface area contributed by atoms with E-state index in [2.05, 4.69) is 0 Å². The average molecular weight is 190 g/mol. The summed E-state index contributed by atoms with van der Waals surface area (Å²) in [6.07, 6.45) is 0.107. The van der Waals surface area contributed by atoms with Gasteiger partial charge >= 0.3 is 5.97 Å². The van der Waals surface area contributed by atoms with E-state index in [4.69, 9.17) is 5.11 Å². The van der Waals surface area contributed by atoms with E-state index >= 15 is 0 Å². The van der Waals surface area contributed by atoms with E-state index in [0.717, 1.165) is 5.56 Å². The molecular weight excluding hydrogens is 180 g/mol. The molecule has 14 heavy (non-hydrogen) atoms. The predicted octanol–water partition coefficient (Wildman–Crippen LogP) is 1.75. The monoisotopic (exact) mass is 190 g/mol. The molecule has 0 fully saturated rings. The highest BCUT2D eigenvalue weighted by atomic mass is 16.4. The van der Waals surface area contributed by atoms with E-state index in [1.165, 1.54) is 0 Å². The maximum atomic E-state index is 11.5. The number of carboxylic acids is 1. The third-order valence-electron chi connectivity index (χ3n) is 2.66. The molecule has 1 aromatic rings. The van der Waals surface area contributed by atoms with Crippen LogP contribution in [0.1, 0.15) is 33.8 Å². The van der Waals surface area contributed by atoms with Crippen molar-refractivity contribution >= 4 is 11.8 Å². The number of aliphatic carboxylic acids is 1. The number of Topliss-reactive ketones (excluding diaryl/α,β-unsaturated/α-hetero) is 1. The Labute approximate surface area is 81.4 Å². The minimum atomic E-state index is -0.911. The molecule has 0 heterocycles. The molecule has 3 nitrogen and oxygen atoms in total. The summed E-state index contributed by atoms with van der Waals surface area (Å²) in [6, 6.07) is 5.33. The van der Waals surface area contributed by atoms with Crippen LogP contribution >= 0.6 is 0 Å². The van der Waals surface area contributed by atoms with Crippen LogP contribution < -0.4 is 0 Å². The Bertz CT molecular complexity index is 421. The smallest absolute Gasteiger partial charge is 0.311 e. The number of hydrogen-bond acceptors (Lipinski definition) is 2. The van der Waals surface area contributed by atoms with Crippen LogP contribution in [0.25, 0.3) is 0 Å². The standard InChI is InChI=1S/C11H10O3/c1-6-3-2-4-7-9(12)5-8(10(6)7)11(13)14/h2-4,8H,5H2,1H3,(H,13,14)/t8-/m0/s1. The minimum absolute atomic E-state index is 0.0592. The summed E-state index contributed by atoms with van der Waals surface area (Å²) in [5, 5.41) is 8.95. The summed E-state index contributed by atoms with van der Waals surface area (Å²) >= 11 is 0. The van der Waals surface area contributed by atoms with Gasteiger partial charge in [0, 0.05) is 12.0 Å².